The van der Waals surface area contributed by atoms with Crippen molar-refractivity contribution in [2.24, 2.45) is 12.0 Å². The molecule has 0 spiro atoms. The van der Waals surface area contributed by atoms with Crippen LogP contribution in [0.2, 0.25) is 0 Å². The first-order valence-corrected chi connectivity index (χ1v) is 9.78. The van der Waals surface area contributed by atoms with E-state index in [2.05, 4.69) is 39.5 Å². The molecule has 6 nitrogen and oxygen atoms in total. The van der Waals surface area contributed by atoms with Crippen molar-refractivity contribution in [3.63, 3.8) is 0 Å². The standard InChI is InChI=1S/C19H34N6.HI/c1-14-18(15(2)24(4)23-14)13-21-19(20-3)22-16-9-11-25(12-10-16)17-7-5-6-8-17;/h16-17H,5-13H2,1-4H3,(H2,20,21,22);1H. The number of hydrogen-bond acceptors (Lipinski definition) is 3. The predicted octanol–water partition coefficient (Wildman–Crippen LogP) is 2.73. The Morgan fingerprint density at radius 2 is 1.81 bits per heavy atom. The minimum Gasteiger partial charge on any atom is -0.354 e. The largest absolute Gasteiger partial charge is 0.354 e. The summed E-state index contributed by atoms with van der Waals surface area (Å²) in [6, 6.07) is 1.38. The Kier molecular flexibility index (Phi) is 8.19. The van der Waals surface area contributed by atoms with E-state index < -0.39 is 0 Å². The number of nitrogens with one attached hydrogen (secondary N) is 2. The molecular weight excluding hydrogens is 439 g/mol. The van der Waals surface area contributed by atoms with Crippen LogP contribution in [0.1, 0.15) is 55.5 Å². The lowest BCUT2D eigenvalue weighted by Crippen LogP contribution is -2.50. The highest BCUT2D eigenvalue weighted by Gasteiger charge is 2.27. The number of aryl methyl sites for hydroxylation is 2. The fourth-order valence-electron chi connectivity index (χ4n) is 4.31. The molecule has 1 aliphatic heterocycles. The van der Waals surface area contributed by atoms with Gasteiger partial charge in [-0.15, -0.1) is 24.0 Å². The van der Waals surface area contributed by atoms with Crippen LogP contribution in [0.4, 0.5) is 0 Å². The molecule has 1 aromatic heterocycles. The summed E-state index contributed by atoms with van der Waals surface area (Å²) in [5.74, 6) is 0.905. The monoisotopic (exact) mass is 474 g/mol. The Bertz CT molecular complexity index is 597. The number of guanidine groups is 1. The van der Waals surface area contributed by atoms with E-state index in [1.807, 2.05) is 18.8 Å². The summed E-state index contributed by atoms with van der Waals surface area (Å²) in [7, 11) is 3.85. The maximum Gasteiger partial charge on any atom is 0.191 e. The number of halogens is 1. The first-order chi connectivity index (χ1) is 12.1. The lowest BCUT2D eigenvalue weighted by molar-refractivity contribution is 0.150. The molecule has 0 atom stereocenters. The van der Waals surface area contributed by atoms with E-state index in [0.29, 0.717) is 6.04 Å². The molecule has 1 aromatic rings. The second-order valence-electron chi connectivity index (χ2n) is 7.59. The van der Waals surface area contributed by atoms with Crippen LogP contribution in [0, 0.1) is 13.8 Å². The summed E-state index contributed by atoms with van der Waals surface area (Å²) < 4.78 is 1.95. The molecule has 26 heavy (non-hydrogen) atoms. The predicted molar refractivity (Wildman–Crippen MR) is 118 cm³/mol. The van der Waals surface area contributed by atoms with Gasteiger partial charge in [-0.05, 0) is 39.5 Å². The average molecular weight is 474 g/mol. The van der Waals surface area contributed by atoms with E-state index >= 15 is 0 Å². The van der Waals surface area contributed by atoms with Crippen molar-refractivity contribution in [3.05, 3.63) is 17.0 Å². The summed E-state index contributed by atoms with van der Waals surface area (Å²) in [5.41, 5.74) is 3.57. The molecule has 2 N–H and O–H groups in total. The molecule has 7 heteroatoms. The number of hydrogen-bond donors (Lipinski definition) is 2. The summed E-state index contributed by atoms with van der Waals surface area (Å²) in [5, 5.41) is 11.6. The van der Waals surface area contributed by atoms with Gasteiger partial charge in [0, 0.05) is 57.1 Å². The van der Waals surface area contributed by atoms with Gasteiger partial charge in [-0.1, -0.05) is 12.8 Å². The summed E-state index contributed by atoms with van der Waals surface area (Å²) in [4.78, 5) is 7.13. The van der Waals surface area contributed by atoms with Crippen molar-refractivity contribution in [2.45, 2.75) is 71.0 Å². The zero-order valence-corrected chi connectivity index (χ0v) is 19.0. The number of aliphatic imine (C=N–C) groups is 1. The van der Waals surface area contributed by atoms with Gasteiger partial charge in [0.15, 0.2) is 5.96 Å². The quantitative estimate of drug-likeness (QED) is 0.401. The van der Waals surface area contributed by atoms with Crippen molar-refractivity contribution in [1.82, 2.24) is 25.3 Å². The van der Waals surface area contributed by atoms with Gasteiger partial charge in [-0.2, -0.15) is 5.10 Å². The second-order valence-corrected chi connectivity index (χ2v) is 7.59. The van der Waals surface area contributed by atoms with Crippen LogP contribution in [0.3, 0.4) is 0 Å². The van der Waals surface area contributed by atoms with Gasteiger partial charge in [0.05, 0.1) is 5.69 Å². The molecule has 1 saturated heterocycles. The third-order valence-corrected chi connectivity index (χ3v) is 6.03. The lowest BCUT2D eigenvalue weighted by Gasteiger charge is -2.36. The highest BCUT2D eigenvalue weighted by atomic mass is 127. The number of likely N-dealkylation sites (tertiary alicyclic amines) is 1. The van der Waals surface area contributed by atoms with Crippen LogP contribution in [0.5, 0.6) is 0 Å². The maximum absolute atomic E-state index is 4.49. The molecular formula is C19H35IN6. The lowest BCUT2D eigenvalue weighted by atomic mass is 10.0. The first-order valence-electron chi connectivity index (χ1n) is 9.78. The molecule has 0 aromatic carbocycles. The molecule has 0 radical (unpaired) electrons. The zero-order chi connectivity index (χ0) is 17.8. The Balaban J connectivity index is 0.00000243. The van der Waals surface area contributed by atoms with E-state index in [-0.39, 0.29) is 24.0 Å². The van der Waals surface area contributed by atoms with E-state index in [1.54, 1.807) is 0 Å². The number of aromatic nitrogens is 2. The van der Waals surface area contributed by atoms with Crippen molar-refractivity contribution in [2.75, 3.05) is 20.1 Å². The third kappa shape index (κ3) is 5.12. The highest BCUT2D eigenvalue weighted by Crippen LogP contribution is 2.26. The van der Waals surface area contributed by atoms with E-state index in [9.17, 15) is 0 Å². The third-order valence-electron chi connectivity index (χ3n) is 6.03. The van der Waals surface area contributed by atoms with E-state index in [0.717, 1.165) is 24.2 Å². The Morgan fingerprint density at radius 3 is 2.35 bits per heavy atom. The molecule has 2 heterocycles. The molecule has 3 rings (SSSR count). The minimum atomic E-state index is 0. The van der Waals surface area contributed by atoms with Crippen molar-refractivity contribution >= 4 is 29.9 Å². The van der Waals surface area contributed by atoms with Crippen LogP contribution in [0.15, 0.2) is 4.99 Å². The maximum atomic E-state index is 4.49. The van der Waals surface area contributed by atoms with Gasteiger partial charge in [0.25, 0.3) is 0 Å². The van der Waals surface area contributed by atoms with Gasteiger partial charge >= 0.3 is 0 Å². The SMILES string of the molecule is CN=C(NCc1c(C)nn(C)c1C)NC1CCN(C2CCCC2)CC1.I. The molecule has 0 unspecified atom stereocenters. The van der Waals surface area contributed by atoms with Crippen LogP contribution < -0.4 is 10.6 Å². The smallest absolute Gasteiger partial charge is 0.191 e. The summed E-state index contributed by atoms with van der Waals surface area (Å²) in [6.45, 7) is 7.40. The van der Waals surface area contributed by atoms with Crippen molar-refractivity contribution in [3.8, 4) is 0 Å². The van der Waals surface area contributed by atoms with E-state index in [4.69, 9.17) is 0 Å². The van der Waals surface area contributed by atoms with Gasteiger partial charge in [0.2, 0.25) is 0 Å². The molecule has 0 amide bonds. The molecule has 0 bridgehead atoms. The fourth-order valence-corrected chi connectivity index (χ4v) is 4.31. The van der Waals surface area contributed by atoms with Gasteiger partial charge in [-0.3, -0.25) is 9.67 Å². The van der Waals surface area contributed by atoms with Gasteiger partial charge in [-0.25, -0.2) is 0 Å². The zero-order valence-electron chi connectivity index (χ0n) is 16.7. The Morgan fingerprint density at radius 1 is 1.15 bits per heavy atom. The molecule has 148 valence electrons. The Hall–Kier alpha value is -0.830. The van der Waals surface area contributed by atoms with E-state index in [1.165, 1.54) is 62.9 Å². The highest BCUT2D eigenvalue weighted by molar-refractivity contribution is 14.0. The summed E-state index contributed by atoms with van der Waals surface area (Å²) >= 11 is 0. The first kappa shape index (κ1) is 21.5. The molecule has 2 aliphatic rings. The number of rotatable bonds is 4. The molecule has 1 aliphatic carbocycles. The summed E-state index contributed by atoms with van der Waals surface area (Å²) in [6.07, 6.45) is 8.08. The number of nitrogens with zero attached hydrogens (tertiary/aromatic N) is 4. The average Bonchev–Trinajstić information content (AvgIpc) is 3.22. The Labute approximate surface area is 175 Å². The van der Waals surface area contributed by atoms with Gasteiger partial charge in [0.1, 0.15) is 0 Å². The fraction of sp³-hybridized carbons (Fsp3) is 0.789. The van der Waals surface area contributed by atoms with Crippen molar-refractivity contribution < 1.29 is 0 Å². The topological polar surface area (TPSA) is 57.5 Å². The van der Waals surface area contributed by atoms with Crippen LogP contribution >= 0.6 is 24.0 Å². The number of piperidine rings is 1. The van der Waals surface area contributed by atoms with Crippen LogP contribution in [-0.2, 0) is 13.6 Å². The molecule has 2 fully saturated rings. The minimum absolute atomic E-state index is 0. The normalized spacial score (nSPS) is 20.2. The second kappa shape index (κ2) is 9.92. The van der Waals surface area contributed by atoms with Crippen LogP contribution in [0.25, 0.3) is 0 Å². The van der Waals surface area contributed by atoms with Gasteiger partial charge < -0.3 is 15.5 Å². The van der Waals surface area contributed by atoms with Crippen molar-refractivity contribution in [1.29, 1.82) is 0 Å². The van der Waals surface area contributed by atoms with Crippen LogP contribution in [-0.4, -0.2) is 52.9 Å². The molecule has 1 saturated carbocycles.